The van der Waals surface area contributed by atoms with Crippen molar-refractivity contribution in [1.29, 1.82) is 0 Å². The number of likely N-dealkylation sites (tertiary alicyclic amines) is 1. The van der Waals surface area contributed by atoms with E-state index in [0.29, 0.717) is 55.2 Å². The second kappa shape index (κ2) is 19.1. The maximum atomic E-state index is 13.6. The minimum absolute atomic E-state index is 0.0581. The number of carboxylic acids is 1. The Balaban J connectivity index is 2.28. The molecule has 0 spiro atoms. The molecule has 1 atom stereocenters. The standard InChI is InChI=1S/C34H44FN3O4/c1-5-27(14-12-20-35)25-37-30(6-2)31(36-21-11-7-8-18-33(39)40)24-26(3)34(41)38-22-13-15-28(19-23-38)29-16-9-10-17-32(29)42-4/h5-6,9-10,12,14,16-17,21,24-25,28H,2,7-8,11,13,15,18-20,22-23H2,1,3-4H3,(H,39,40)/b14-12-,26-24+,27-5+,31-30-,36-21?,37-25+. The van der Waals surface area contributed by atoms with Crippen molar-refractivity contribution in [3.8, 4) is 5.75 Å². The number of ether oxygens (including phenoxy) is 1. The summed E-state index contributed by atoms with van der Waals surface area (Å²) >= 11 is 0. The molecule has 0 aliphatic carbocycles. The van der Waals surface area contributed by atoms with Gasteiger partial charge in [0.25, 0.3) is 0 Å². The predicted octanol–water partition coefficient (Wildman–Crippen LogP) is 7.39. The summed E-state index contributed by atoms with van der Waals surface area (Å²) in [6, 6.07) is 8.07. The van der Waals surface area contributed by atoms with Crippen LogP contribution in [0, 0.1) is 0 Å². The zero-order valence-electron chi connectivity index (χ0n) is 25.1. The van der Waals surface area contributed by atoms with Crippen molar-refractivity contribution in [2.75, 3.05) is 26.9 Å². The number of hydrogen-bond acceptors (Lipinski definition) is 5. The third kappa shape index (κ3) is 11.4. The minimum atomic E-state index is -0.822. The van der Waals surface area contributed by atoms with Crippen molar-refractivity contribution in [3.63, 3.8) is 0 Å². The number of para-hydroxylation sites is 1. The van der Waals surface area contributed by atoms with Gasteiger partial charge in [-0.25, -0.2) is 4.39 Å². The first kappa shape index (κ1) is 34.1. The van der Waals surface area contributed by atoms with Crippen LogP contribution in [0.4, 0.5) is 4.39 Å². The first-order chi connectivity index (χ1) is 20.3. The molecule has 1 aliphatic heterocycles. The molecule has 1 N–H and O–H groups in total. The summed E-state index contributed by atoms with van der Waals surface area (Å²) in [6.07, 6.45) is 16.1. The molecule has 1 amide bonds. The van der Waals surface area contributed by atoms with E-state index in [1.54, 1.807) is 44.7 Å². The quantitative estimate of drug-likeness (QED) is 0.102. The lowest BCUT2D eigenvalue weighted by atomic mass is 9.91. The van der Waals surface area contributed by atoms with Crippen LogP contribution in [0.3, 0.4) is 0 Å². The average molecular weight is 578 g/mol. The van der Waals surface area contributed by atoms with Gasteiger partial charge in [-0.05, 0) is 87.6 Å². The highest BCUT2D eigenvalue weighted by atomic mass is 19.1. The number of alkyl halides is 1. The highest BCUT2D eigenvalue weighted by molar-refractivity contribution is 5.93. The van der Waals surface area contributed by atoms with Gasteiger partial charge in [0.15, 0.2) is 0 Å². The van der Waals surface area contributed by atoms with E-state index in [4.69, 9.17) is 9.84 Å². The second-order valence-electron chi connectivity index (χ2n) is 10.0. The molecular formula is C34H44FN3O4. The number of methoxy groups -OCH3 is 1. The van der Waals surface area contributed by atoms with E-state index in [0.717, 1.165) is 30.6 Å². The fourth-order valence-electron chi connectivity index (χ4n) is 4.74. The third-order valence-corrected chi connectivity index (χ3v) is 7.03. The fraction of sp³-hybridized carbons (Fsp3) is 0.412. The fourth-order valence-corrected chi connectivity index (χ4v) is 4.74. The van der Waals surface area contributed by atoms with Gasteiger partial charge < -0.3 is 14.7 Å². The van der Waals surface area contributed by atoms with Gasteiger partial charge in [0.2, 0.25) is 5.91 Å². The number of allylic oxidation sites excluding steroid dienone is 6. The molecule has 0 aromatic heterocycles. The Morgan fingerprint density at radius 3 is 2.64 bits per heavy atom. The Bertz CT molecular complexity index is 1240. The van der Waals surface area contributed by atoms with Crippen LogP contribution in [0.25, 0.3) is 0 Å². The Kier molecular flexibility index (Phi) is 15.5. The topological polar surface area (TPSA) is 91.6 Å². The van der Waals surface area contributed by atoms with Crippen LogP contribution < -0.4 is 4.74 Å². The first-order valence-corrected chi connectivity index (χ1v) is 14.5. The molecule has 7 nitrogen and oxygen atoms in total. The predicted molar refractivity (Wildman–Crippen MR) is 169 cm³/mol. The van der Waals surface area contributed by atoms with E-state index in [1.807, 2.05) is 36.1 Å². The van der Waals surface area contributed by atoms with Crippen molar-refractivity contribution < 1.29 is 23.8 Å². The molecule has 1 unspecified atom stereocenters. The van der Waals surface area contributed by atoms with Gasteiger partial charge in [-0.3, -0.25) is 19.6 Å². The van der Waals surface area contributed by atoms with Gasteiger partial charge in [0, 0.05) is 37.5 Å². The minimum Gasteiger partial charge on any atom is -0.496 e. The largest absolute Gasteiger partial charge is 0.496 e. The van der Waals surface area contributed by atoms with Crippen LogP contribution >= 0.6 is 0 Å². The monoisotopic (exact) mass is 577 g/mol. The summed E-state index contributed by atoms with van der Waals surface area (Å²) in [7, 11) is 1.69. The highest BCUT2D eigenvalue weighted by Gasteiger charge is 2.24. The molecule has 8 heteroatoms. The Labute approximate surface area is 249 Å². The summed E-state index contributed by atoms with van der Waals surface area (Å²) in [4.78, 5) is 35.4. The molecule has 1 aromatic rings. The number of rotatable bonds is 15. The van der Waals surface area contributed by atoms with Crippen molar-refractivity contribution in [2.24, 2.45) is 9.98 Å². The van der Waals surface area contributed by atoms with Crippen LogP contribution in [-0.4, -0.2) is 61.2 Å². The van der Waals surface area contributed by atoms with Gasteiger partial charge >= 0.3 is 5.97 Å². The maximum Gasteiger partial charge on any atom is 0.303 e. The Morgan fingerprint density at radius 2 is 1.95 bits per heavy atom. The number of aliphatic imine (C=N–C) groups is 2. The number of carbonyl (C=O) groups is 2. The molecular weight excluding hydrogens is 533 g/mol. The summed E-state index contributed by atoms with van der Waals surface area (Å²) in [5.74, 6) is 0.320. The average Bonchev–Trinajstić information content (AvgIpc) is 3.26. The second-order valence-corrected chi connectivity index (χ2v) is 10.0. The number of hydrogen-bond donors (Lipinski definition) is 1. The number of unbranched alkanes of at least 4 members (excludes halogenated alkanes) is 2. The number of carboxylic acid groups (broad SMARTS) is 1. The number of aliphatic carboxylic acids is 1. The zero-order valence-corrected chi connectivity index (χ0v) is 25.1. The Hall–Kier alpha value is -4.07. The van der Waals surface area contributed by atoms with Gasteiger partial charge in [0.1, 0.15) is 12.4 Å². The molecule has 226 valence electrons. The first-order valence-electron chi connectivity index (χ1n) is 14.5. The lowest BCUT2D eigenvalue weighted by Gasteiger charge is -2.21. The van der Waals surface area contributed by atoms with E-state index in [-0.39, 0.29) is 12.3 Å². The van der Waals surface area contributed by atoms with Crippen LogP contribution in [0.5, 0.6) is 5.75 Å². The van der Waals surface area contributed by atoms with Crippen LogP contribution in [0.1, 0.15) is 70.3 Å². The maximum absolute atomic E-state index is 13.6. The zero-order chi connectivity index (χ0) is 30.7. The molecule has 1 saturated heterocycles. The number of amides is 1. The number of carbonyl (C=O) groups excluding carboxylic acids is 1. The number of halogens is 1. The SMILES string of the molecule is C=CC(/N=C/C(/C=C\CF)=C/C)=C(\C=C(/C)C(=O)N1CCCC(c2ccccc2OC)CC1)N=CCCCCC(=O)O. The molecule has 0 radical (unpaired) electrons. The smallest absolute Gasteiger partial charge is 0.303 e. The Morgan fingerprint density at radius 1 is 1.17 bits per heavy atom. The van der Waals surface area contributed by atoms with E-state index < -0.39 is 12.6 Å². The summed E-state index contributed by atoms with van der Waals surface area (Å²) < 4.78 is 18.2. The van der Waals surface area contributed by atoms with Crippen LogP contribution in [-0.2, 0) is 9.59 Å². The molecule has 42 heavy (non-hydrogen) atoms. The van der Waals surface area contributed by atoms with E-state index in [9.17, 15) is 14.0 Å². The molecule has 1 aliphatic rings. The van der Waals surface area contributed by atoms with Crippen molar-refractivity contribution >= 4 is 24.3 Å². The molecule has 0 saturated carbocycles. The van der Waals surface area contributed by atoms with Gasteiger partial charge in [-0.15, -0.1) is 0 Å². The number of nitrogens with zero attached hydrogens (tertiary/aromatic N) is 3. The molecule has 1 fully saturated rings. The molecule has 1 heterocycles. The summed E-state index contributed by atoms with van der Waals surface area (Å²) in [5.41, 5.74) is 3.36. The third-order valence-electron chi connectivity index (χ3n) is 7.03. The summed E-state index contributed by atoms with van der Waals surface area (Å²) in [5, 5.41) is 8.87. The number of benzene rings is 1. The molecule has 0 bridgehead atoms. The van der Waals surface area contributed by atoms with E-state index in [1.165, 1.54) is 11.6 Å². The van der Waals surface area contributed by atoms with Gasteiger partial charge in [-0.1, -0.05) is 43.0 Å². The summed E-state index contributed by atoms with van der Waals surface area (Å²) in [6.45, 7) is 8.22. The molecule has 2 rings (SSSR count). The van der Waals surface area contributed by atoms with Crippen LogP contribution in [0.2, 0.25) is 0 Å². The van der Waals surface area contributed by atoms with Crippen molar-refractivity contribution in [1.82, 2.24) is 4.90 Å². The molecule has 1 aromatic carbocycles. The van der Waals surface area contributed by atoms with E-state index >= 15 is 0 Å². The van der Waals surface area contributed by atoms with Crippen molar-refractivity contribution in [2.45, 2.75) is 64.7 Å². The van der Waals surface area contributed by atoms with E-state index in [2.05, 4.69) is 22.6 Å². The lowest BCUT2D eigenvalue weighted by molar-refractivity contribution is -0.137. The lowest BCUT2D eigenvalue weighted by Crippen LogP contribution is -2.32. The highest BCUT2D eigenvalue weighted by Crippen LogP contribution is 2.34. The van der Waals surface area contributed by atoms with Crippen LogP contribution in [0.15, 0.2) is 93.7 Å². The van der Waals surface area contributed by atoms with Crippen molar-refractivity contribution in [3.05, 3.63) is 89.3 Å². The van der Waals surface area contributed by atoms with Gasteiger partial charge in [0.05, 0.1) is 18.5 Å². The normalized spacial score (nSPS) is 17.5. The van der Waals surface area contributed by atoms with Gasteiger partial charge in [-0.2, -0.15) is 0 Å².